The van der Waals surface area contributed by atoms with Crippen molar-refractivity contribution in [3.05, 3.63) is 46.3 Å². The number of ether oxygens (including phenoxy) is 2. The van der Waals surface area contributed by atoms with Gasteiger partial charge in [-0.3, -0.25) is 9.88 Å². The lowest BCUT2D eigenvalue weighted by molar-refractivity contribution is -0.135. The van der Waals surface area contributed by atoms with Gasteiger partial charge in [-0.15, -0.1) is 0 Å². The van der Waals surface area contributed by atoms with Crippen LogP contribution < -0.4 is 15.8 Å². The molecule has 4 atom stereocenters. The molecule has 6 aliphatic rings. The molecule has 3 aliphatic carbocycles. The van der Waals surface area contributed by atoms with Gasteiger partial charge < -0.3 is 25.4 Å². The average Bonchev–Trinajstić information content (AvgIpc) is 3.72. The number of halogens is 2. The summed E-state index contributed by atoms with van der Waals surface area (Å²) in [5.41, 5.74) is 6.81. The van der Waals surface area contributed by atoms with E-state index in [4.69, 9.17) is 20.2 Å². The molecular formula is C33H38F2N8O2S. The minimum Gasteiger partial charge on any atom is -0.463 e. The van der Waals surface area contributed by atoms with Crippen molar-refractivity contribution in [3.63, 3.8) is 0 Å². The van der Waals surface area contributed by atoms with Crippen molar-refractivity contribution in [1.29, 1.82) is 5.26 Å². The second-order valence-corrected chi connectivity index (χ2v) is 15.2. The maximum Gasteiger partial charge on any atom is 0.319 e. The summed E-state index contributed by atoms with van der Waals surface area (Å²) in [6.07, 6.45) is 10.9. The lowest BCUT2D eigenvalue weighted by Crippen LogP contribution is -2.65. The number of nitrogens with two attached hydrogens (primary N) is 1. The first kappa shape index (κ1) is 30.1. The van der Waals surface area contributed by atoms with Crippen molar-refractivity contribution in [1.82, 2.24) is 24.8 Å². The molecule has 8 rings (SSSR count). The fraction of sp³-hybridized carbons (Fsp3) is 0.576. The number of pyridine rings is 1. The van der Waals surface area contributed by atoms with E-state index in [1.54, 1.807) is 6.20 Å². The van der Waals surface area contributed by atoms with E-state index in [0.29, 0.717) is 42.0 Å². The molecule has 2 saturated heterocycles. The van der Waals surface area contributed by atoms with Gasteiger partial charge in [0.2, 0.25) is 0 Å². The number of nitrogens with one attached hydrogen (secondary N) is 1. The van der Waals surface area contributed by atoms with Gasteiger partial charge in [0, 0.05) is 48.2 Å². The quantitative estimate of drug-likeness (QED) is 0.382. The Morgan fingerprint density at radius 2 is 1.98 bits per heavy atom. The number of allylic oxidation sites excluding steroid dienone is 4. The number of fused-ring (bicyclic) bond motifs is 4. The van der Waals surface area contributed by atoms with Gasteiger partial charge in [0.15, 0.2) is 5.82 Å². The molecule has 3 aliphatic heterocycles. The number of morpholine rings is 1. The summed E-state index contributed by atoms with van der Waals surface area (Å²) in [4.78, 5) is 18.7. The zero-order valence-corrected chi connectivity index (χ0v) is 26.9. The van der Waals surface area contributed by atoms with Crippen LogP contribution >= 0.6 is 11.8 Å². The fourth-order valence-electron chi connectivity index (χ4n) is 7.68. The monoisotopic (exact) mass is 648 g/mol. The lowest BCUT2D eigenvalue weighted by atomic mass is 9.75. The summed E-state index contributed by atoms with van der Waals surface area (Å²) in [7, 11) is 4.16. The highest BCUT2D eigenvalue weighted by atomic mass is 32.2. The molecule has 46 heavy (non-hydrogen) atoms. The molecule has 3 N–H and O–H groups in total. The number of rotatable bonds is 10. The number of aromatic nitrogens is 3. The predicted octanol–water partition coefficient (Wildman–Crippen LogP) is 4.37. The Morgan fingerprint density at radius 1 is 1.20 bits per heavy atom. The van der Waals surface area contributed by atoms with Crippen molar-refractivity contribution in [2.45, 2.75) is 61.4 Å². The zero-order chi connectivity index (χ0) is 31.8. The Hall–Kier alpha value is -3.31. The molecule has 2 bridgehead atoms. The van der Waals surface area contributed by atoms with Crippen LogP contribution in [0.5, 0.6) is 6.01 Å². The van der Waals surface area contributed by atoms with Crippen molar-refractivity contribution in [2.75, 3.05) is 52.3 Å². The molecule has 0 amide bonds. The molecule has 10 nitrogen and oxygen atoms in total. The summed E-state index contributed by atoms with van der Waals surface area (Å²) in [5.74, 6) is -1.35. The highest BCUT2D eigenvalue weighted by molar-refractivity contribution is 8.04. The Bertz CT molecular complexity index is 1720. The molecule has 2 aromatic rings. The standard InChI is InChI=1S/C33H38F2N8O2S/c1-42(2)33(6-3-7-33)15-39-30-22-12-38-26(20-4-5-23(34)28-24(20)21(11-36)29(37)46-28)25(35)27(22)40-31(41-30)45-17-32(8-9-32)16-43-18-10-19(43)14-44-13-18/h4-5,12,18-19,24,28H,3,6-10,13-17,37H2,1-2H3,(H,39,40,41). The normalized spacial score (nSPS) is 29.0. The smallest absolute Gasteiger partial charge is 0.319 e. The largest absolute Gasteiger partial charge is 0.463 e. The first-order valence-electron chi connectivity index (χ1n) is 16.1. The van der Waals surface area contributed by atoms with Gasteiger partial charge in [-0.25, -0.2) is 8.78 Å². The van der Waals surface area contributed by atoms with Crippen LogP contribution in [0.3, 0.4) is 0 Å². The third-order valence-corrected chi connectivity index (χ3v) is 12.3. The van der Waals surface area contributed by atoms with Gasteiger partial charge >= 0.3 is 6.01 Å². The number of anilines is 1. The van der Waals surface area contributed by atoms with Crippen molar-refractivity contribution >= 4 is 34.1 Å². The zero-order valence-electron chi connectivity index (χ0n) is 26.1. The van der Waals surface area contributed by atoms with E-state index >= 15 is 4.39 Å². The number of thioether (sulfide) groups is 1. The van der Waals surface area contributed by atoms with Crippen LogP contribution in [0.2, 0.25) is 0 Å². The van der Waals surface area contributed by atoms with Crippen LogP contribution in [-0.2, 0) is 4.74 Å². The third-order valence-electron chi connectivity index (χ3n) is 11.1. The van der Waals surface area contributed by atoms with Crippen molar-refractivity contribution in [2.24, 2.45) is 17.1 Å². The van der Waals surface area contributed by atoms with E-state index in [-0.39, 0.29) is 38.8 Å². The molecule has 0 aromatic carbocycles. The van der Waals surface area contributed by atoms with Crippen LogP contribution in [0.15, 0.2) is 34.8 Å². The van der Waals surface area contributed by atoms with E-state index in [9.17, 15) is 9.65 Å². The second-order valence-electron chi connectivity index (χ2n) is 14.0. The highest BCUT2D eigenvalue weighted by Gasteiger charge is 2.51. The number of hydrogen-bond donors (Lipinski definition) is 2. The van der Waals surface area contributed by atoms with Crippen LogP contribution in [0, 0.1) is 28.5 Å². The van der Waals surface area contributed by atoms with Crippen LogP contribution in [0.25, 0.3) is 16.5 Å². The summed E-state index contributed by atoms with van der Waals surface area (Å²) in [5, 5.41) is 13.3. The Kier molecular flexibility index (Phi) is 7.28. The Labute approximate surface area is 271 Å². The predicted molar refractivity (Wildman–Crippen MR) is 172 cm³/mol. The average molecular weight is 649 g/mol. The summed E-state index contributed by atoms with van der Waals surface area (Å²) >= 11 is 1.08. The first-order chi connectivity index (χ1) is 22.2. The van der Waals surface area contributed by atoms with Crippen molar-refractivity contribution in [3.8, 4) is 12.1 Å². The minimum absolute atomic E-state index is 0.0128. The molecular weight excluding hydrogens is 610 g/mol. The molecule has 0 spiro atoms. The number of nitrogens with zero attached hydrogens (tertiary/aromatic N) is 6. The molecule has 2 saturated carbocycles. The minimum atomic E-state index is -0.741. The van der Waals surface area contributed by atoms with E-state index in [1.807, 2.05) is 0 Å². The van der Waals surface area contributed by atoms with Gasteiger partial charge in [-0.05, 0) is 64.3 Å². The summed E-state index contributed by atoms with van der Waals surface area (Å²) in [6, 6.07) is 3.19. The van der Waals surface area contributed by atoms with Crippen LogP contribution in [0.4, 0.5) is 14.6 Å². The molecule has 2 aromatic heterocycles. The van der Waals surface area contributed by atoms with Crippen LogP contribution in [0.1, 0.15) is 44.2 Å². The molecule has 4 fully saturated rings. The van der Waals surface area contributed by atoms with E-state index in [0.717, 1.165) is 63.6 Å². The Balaban J connectivity index is 1.13. The number of nitriles is 1. The van der Waals surface area contributed by atoms with Gasteiger partial charge in [-0.1, -0.05) is 17.8 Å². The highest BCUT2D eigenvalue weighted by Crippen LogP contribution is 2.52. The number of hydrogen-bond acceptors (Lipinski definition) is 11. The molecule has 5 heterocycles. The van der Waals surface area contributed by atoms with Gasteiger partial charge in [0.25, 0.3) is 0 Å². The second kappa shape index (κ2) is 11.1. The first-order valence-corrected chi connectivity index (χ1v) is 17.0. The lowest BCUT2D eigenvalue weighted by Gasteiger charge is -2.53. The van der Waals surface area contributed by atoms with E-state index < -0.39 is 22.8 Å². The van der Waals surface area contributed by atoms with Gasteiger partial charge in [0.1, 0.15) is 22.9 Å². The van der Waals surface area contributed by atoms with Gasteiger partial charge in [0.05, 0.1) is 47.1 Å². The molecule has 4 unspecified atom stereocenters. The fourth-order valence-corrected chi connectivity index (χ4v) is 8.86. The van der Waals surface area contributed by atoms with Crippen LogP contribution in [-0.4, -0.2) is 94.6 Å². The molecule has 242 valence electrons. The summed E-state index contributed by atoms with van der Waals surface area (Å²) < 4.78 is 43.5. The molecule has 0 radical (unpaired) electrons. The SMILES string of the molecule is CN(C)C1(CNc2nc(OCC3(CN4C5COCC4C5)CC3)nc3c(F)c(C4=CC=C(F)C5SC(N)=C(C#N)C45)ncc23)CCC1. The van der Waals surface area contributed by atoms with E-state index in [2.05, 4.69) is 45.2 Å². The van der Waals surface area contributed by atoms with Gasteiger partial charge in [-0.2, -0.15) is 15.2 Å². The maximum atomic E-state index is 16.7. The topological polar surface area (TPSA) is 125 Å². The van der Waals surface area contributed by atoms with Crippen molar-refractivity contribution < 1.29 is 18.3 Å². The number of likely N-dealkylation sites (N-methyl/N-ethyl adjacent to an activating group) is 1. The third kappa shape index (κ3) is 4.87. The Morgan fingerprint density at radius 3 is 2.63 bits per heavy atom. The summed E-state index contributed by atoms with van der Waals surface area (Å²) in [6.45, 7) is 3.61. The molecule has 13 heteroatoms. The van der Waals surface area contributed by atoms with E-state index in [1.165, 1.54) is 18.6 Å². The maximum absolute atomic E-state index is 16.7.